The molecule has 2 nitrogen and oxygen atoms in total. The second kappa shape index (κ2) is 9.63. The average molecular weight is 391 g/mol. The van der Waals surface area contributed by atoms with E-state index in [2.05, 4.69) is 73.1 Å². The first-order chi connectivity index (χ1) is 14.2. The maximum Gasteiger partial charge on any atom is 0.0366 e. The number of nitrogens with one attached hydrogen (secondary N) is 1. The molecule has 1 aromatic rings. The topological polar surface area (TPSA) is 15.3 Å². The van der Waals surface area contributed by atoms with E-state index in [1.165, 1.54) is 41.5 Å². The number of piperidine rings is 1. The summed E-state index contributed by atoms with van der Waals surface area (Å²) in [5.41, 5.74) is 8.55. The van der Waals surface area contributed by atoms with Crippen molar-refractivity contribution in [2.24, 2.45) is 5.41 Å². The number of rotatable bonds is 5. The average Bonchev–Trinajstić information content (AvgIpc) is 3.24. The van der Waals surface area contributed by atoms with Crippen LogP contribution in [0.5, 0.6) is 0 Å². The Morgan fingerprint density at radius 2 is 1.66 bits per heavy atom. The van der Waals surface area contributed by atoms with Gasteiger partial charge in [0.05, 0.1) is 0 Å². The molecule has 0 saturated carbocycles. The zero-order chi connectivity index (χ0) is 20.9. The minimum absolute atomic E-state index is 0.345. The summed E-state index contributed by atoms with van der Waals surface area (Å²) in [5, 5.41) is 3.53. The maximum absolute atomic E-state index is 4.31. The van der Waals surface area contributed by atoms with Crippen LogP contribution in [0.3, 0.4) is 0 Å². The van der Waals surface area contributed by atoms with Crippen LogP contribution in [0, 0.1) is 5.41 Å². The van der Waals surface area contributed by atoms with Crippen LogP contribution in [0.15, 0.2) is 60.2 Å². The highest BCUT2D eigenvalue weighted by Gasteiger charge is 2.37. The van der Waals surface area contributed by atoms with E-state index in [1.54, 1.807) is 5.57 Å². The molecule has 1 aliphatic heterocycles. The molecule has 29 heavy (non-hydrogen) atoms. The maximum atomic E-state index is 4.31. The molecule has 0 atom stereocenters. The molecule has 3 aliphatic rings. The summed E-state index contributed by atoms with van der Waals surface area (Å²) in [6, 6.07) is 9.10. The highest BCUT2D eigenvalue weighted by Crippen LogP contribution is 2.50. The number of hydrogen-bond donors (Lipinski definition) is 1. The van der Waals surface area contributed by atoms with E-state index < -0.39 is 0 Å². The van der Waals surface area contributed by atoms with Gasteiger partial charge in [0.1, 0.15) is 0 Å². The molecule has 2 heteroatoms. The largest absolute Gasteiger partial charge is 0.372 e. The lowest BCUT2D eigenvalue weighted by Crippen LogP contribution is -2.37. The first-order valence-electron chi connectivity index (χ1n) is 11.5. The van der Waals surface area contributed by atoms with Crippen molar-refractivity contribution in [3.8, 4) is 0 Å². The van der Waals surface area contributed by atoms with Crippen LogP contribution in [-0.4, -0.2) is 31.1 Å². The van der Waals surface area contributed by atoms with E-state index in [-0.39, 0.29) is 0 Å². The third-order valence-electron chi connectivity index (χ3n) is 6.59. The monoisotopic (exact) mass is 390 g/mol. The Morgan fingerprint density at radius 1 is 1.00 bits per heavy atom. The van der Waals surface area contributed by atoms with Gasteiger partial charge in [0.2, 0.25) is 0 Å². The van der Waals surface area contributed by atoms with Crippen molar-refractivity contribution in [1.29, 1.82) is 0 Å². The number of hydrogen-bond acceptors (Lipinski definition) is 2. The molecular formula is C27H38N2. The summed E-state index contributed by atoms with van der Waals surface area (Å²) in [6.45, 7) is 17.0. The zero-order valence-corrected chi connectivity index (χ0v) is 18.9. The summed E-state index contributed by atoms with van der Waals surface area (Å²) in [4.78, 5) is 2.32. The van der Waals surface area contributed by atoms with E-state index in [9.17, 15) is 0 Å². The molecule has 1 fully saturated rings. The Bertz CT molecular complexity index is 797. The van der Waals surface area contributed by atoms with Crippen molar-refractivity contribution in [2.45, 2.75) is 53.4 Å². The van der Waals surface area contributed by atoms with Gasteiger partial charge in [-0.05, 0) is 85.9 Å². The number of nitrogens with zero attached hydrogens (tertiary/aromatic N) is 1. The van der Waals surface area contributed by atoms with Crippen molar-refractivity contribution >= 4 is 11.3 Å². The van der Waals surface area contributed by atoms with Gasteiger partial charge in [-0.25, -0.2) is 0 Å². The van der Waals surface area contributed by atoms with Crippen molar-refractivity contribution < 1.29 is 0 Å². The van der Waals surface area contributed by atoms with Gasteiger partial charge in [0, 0.05) is 18.8 Å². The molecule has 2 aliphatic carbocycles. The van der Waals surface area contributed by atoms with Gasteiger partial charge >= 0.3 is 0 Å². The molecule has 0 bridgehead atoms. The van der Waals surface area contributed by atoms with Crippen LogP contribution >= 0.6 is 0 Å². The van der Waals surface area contributed by atoms with Crippen LogP contribution in [-0.2, 0) is 0 Å². The molecule has 1 spiro atoms. The van der Waals surface area contributed by atoms with Crippen LogP contribution < -0.4 is 5.32 Å². The molecule has 1 aromatic carbocycles. The van der Waals surface area contributed by atoms with Gasteiger partial charge in [0.15, 0.2) is 0 Å². The minimum Gasteiger partial charge on any atom is -0.372 e. The second-order valence-electron chi connectivity index (χ2n) is 8.13. The first-order valence-corrected chi connectivity index (χ1v) is 11.5. The third-order valence-corrected chi connectivity index (χ3v) is 6.59. The van der Waals surface area contributed by atoms with Crippen LogP contribution in [0.1, 0.15) is 64.5 Å². The predicted octanol–water partition coefficient (Wildman–Crippen LogP) is 6.44. The summed E-state index contributed by atoms with van der Waals surface area (Å²) >= 11 is 0. The van der Waals surface area contributed by atoms with Crippen LogP contribution in [0.4, 0.5) is 0 Å². The van der Waals surface area contributed by atoms with E-state index in [1.807, 2.05) is 13.8 Å². The van der Waals surface area contributed by atoms with E-state index in [0.717, 1.165) is 38.3 Å². The van der Waals surface area contributed by atoms with Crippen molar-refractivity contribution in [1.82, 2.24) is 10.2 Å². The molecule has 1 N–H and O–H groups in total. The molecule has 0 aromatic heterocycles. The smallest absolute Gasteiger partial charge is 0.0366 e. The van der Waals surface area contributed by atoms with Gasteiger partial charge in [0.25, 0.3) is 0 Å². The first kappa shape index (κ1) is 21.6. The van der Waals surface area contributed by atoms with E-state index in [4.69, 9.17) is 0 Å². The molecule has 0 amide bonds. The molecule has 4 rings (SSSR count). The lowest BCUT2D eigenvalue weighted by Gasteiger charge is -2.40. The van der Waals surface area contributed by atoms with E-state index in [0.29, 0.717) is 5.41 Å². The molecule has 0 radical (unpaired) electrons. The van der Waals surface area contributed by atoms with Crippen molar-refractivity contribution in [3.05, 3.63) is 71.3 Å². The lowest BCUT2D eigenvalue weighted by atomic mass is 9.67. The number of allylic oxidation sites excluding steroid dienone is 6. The lowest BCUT2D eigenvalue weighted by molar-refractivity contribution is 0.269. The summed E-state index contributed by atoms with van der Waals surface area (Å²) < 4.78 is 0. The van der Waals surface area contributed by atoms with Crippen molar-refractivity contribution in [3.63, 3.8) is 0 Å². The standard InChI is InChI=1S/C25H32N2.C2H6/c1-4-27(5-2)19(3)20-9-11-21(12-10-20)24-18-25(13-15-26-16-14-25)17-22-7-6-8-23(22)24;1-2/h7-12,18,26H,3-6,13-17H2,1-2H3;1-2H3. The Morgan fingerprint density at radius 3 is 2.28 bits per heavy atom. The SMILES string of the molecule is C=C(c1ccc(C2=CC3(CCNCC3)CC3=CCC=C32)cc1)N(CC)CC.CC. The fourth-order valence-corrected chi connectivity index (χ4v) is 4.94. The zero-order valence-electron chi connectivity index (χ0n) is 18.9. The van der Waals surface area contributed by atoms with Crippen LogP contribution in [0.2, 0.25) is 0 Å². The summed E-state index contributed by atoms with van der Waals surface area (Å²) in [6.07, 6.45) is 12.3. The Balaban J connectivity index is 0.00000117. The Labute approximate surface area is 178 Å². The van der Waals surface area contributed by atoms with Crippen molar-refractivity contribution in [2.75, 3.05) is 26.2 Å². The number of fused-ring (bicyclic) bond motifs is 1. The second-order valence-corrected chi connectivity index (χ2v) is 8.13. The Kier molecular flexibility index (Phi) is 7.18. The van der Waals surface area contributed by atoms with Gasteiger partial charge in [-0.1, -0.05) is 62.9 Å². The summed E-state index contributed by atoms with van der Waals surface area (Å²) in [5.74, 6) is 0. The fraction of sp³-hybridized carbons (Fsp3) is 0.481. The highest BCUT2D eigenvalue weighted by molar-refractivity contribution is 5.87. The van der Waals surface area contributed by atoms with Gasteiger partial charge in [-0.2, -0.15) is 0 Å². The third kappa shape index (κ3) is 4.43. The van der Waals surface area contributed by atoms with Gasteiger partial charge in [-0.3, -0.25) is 0 Å². The normalized spacial score (nSPS) is 19.4. The van der Waals surface area contributed by atoms with Gasteiger partial charge < -0.3 is 10.2 Å². The van der Waals surface area contributed by atoms with E-state index >= 15 is 0 Å². The van der Waals surface area contributed by atoms with Crippen LogP contribution in [0.25, 0.3) is 11.3 Å². The highest BCUT2D eigenvalue weighted by atomic mass is 15.1. The molecule has 1 heterocycles. The molecular weight excluding hydrogens is 352 g/mol. The molecule has 1 saturated heterocycles. The fourth-order valence-electron chi connectivity index (χ4n) is 4.94. The predicted molar refractivity (Wildman–Crippen MR) is 128 cm³/mol. The Hall–Kier alpha value is -2.06. The molecule has 156 valence electrons. The minimum atomic E-state index is 0.345. The number of benzene rings is 1. The quantitative estimate of drug-likeness (QED) is 0.622. The molecule has 0 unspecified atom stereocenters. The van der Waals surface area contributed by atoms with Gasteiger partial charge in [-0.15, -0.1) is 0 Å². The summed E-state index contributed by atoms with van der Waals surface area (Å²) in [7, 11) is 0.